The maximum absolute atomic E-state index is 12.9. The molecule has 3 aliphatic carbocycles. The lowest BCUT2D eigenvalue weighted by molar-refractivity contribution is -0.163. The molecule has 20 heavy (non-hydrogen) atoms. The van der Waals surface area contributed by atoms with Crippen molar-refractivity contribution in [2.24, 2.45) is 17.3 Å². The molecule has 0 aromatic rings. The zero-order valence-electron chi connectivity index (χ0n) is 11.8. The van der Waals surface area contributed by atoms with Crippen molar-refractivity contribution >= 4 is 11.8 Å². The molecule has 4 unspecified atom stereocenters. The minimum atomic E-state index is -0.758. The van der Waals surface area contributed by atoms with E-state index < -0.39 is 11.0 Å². The van der Waals surface area contributed by atoms with E-state index in [1.165, 1.54) is 0 Å². The Balaban J connectivity index is 1.97. The number of ether oxygens (including phenoxy) is 2. The fourth-order valence-electron chi connectivity index (χ4n) is 3.77. The van der Waals surface area contributed by atoms with Crippen LogP contribution in [-0.2, 0) is 19.1 Å². The van der Waals surface area contributed by atoms with Gasteiger partial charge in [-0.15, -0.1) is 6.58 Å². The molecule has 108 valence electrons. The maximum atomic E-state index is 12.9. The van der Waals surface area contributed by atoms with Crippen molar-refractivity contribution in [1.82, 2.24) is 0 Å². The quantitative estimate of drug-likeness (QED) is 0.438. The number of fused-ring (bicyclic) bond motifs is 1. The Hall–Kier alpha value is -1.42. The molecule has 1 spiro atoms. The number of Topliss-reactive ketones (excluding diaryl/α,β-unsaturated/α-hetero) is 1. The lowest BCUT2D eigenvalue weighted by Gasteiger charge is -2.48. The highest BCUT2D eigenvalue weighted by Crippen LogP contribution is 2.59. The third-order valence-electron chi connectivity index (χ3n) is 4.93. The standard InChI is InChI=1S/C16H20O4/c1-3-5-7-15-8-6-11(16(10-20-16)14(15)18)9-12(15)13(17)19-4-2/h3,6,8,11-12H,1,4-5,7,9-10H2,2H3. The van der Waals surface area contributed by atoms with E-state index in [2.05, 4.69) is 12.7 Å². The van der Waals surface area contributed by atoms with Crippen molar-refractivity contribution < 1.29 is 19.1 Å². The molecule has 2 fully saturated rings. The van der Waals surface area contributed by atoms with E-state index in [1.807, 2.05) is 6.08 Å². The molecule has 2 bridgehead atoms. The van der Waals surface area contributed by atoms with Crippen LogP contribution in [0.15, 0.2) is 24.8 Å². The zero-order chi connectivity index (χ0) is 14.4. The van der Waals surface area contributed by atoms with E-state index >= 15 is 0 Å². The number of rotatable bonds is 5. The fourth-order valence-corrected chi connectivity index (χ4v) is 3.77. The van der Waals surface area contributed by atoms with Gasteiger partial charge in [-0.05, 0) is 26.2 Å². The van der Waals surface area contributed by atoms with Gasteiger partial charge in [0, 0.05) is 5.92 Å². The SMILES string of the molecule is C=CCCC12C=CC(CC1C(=O)OCC)C1(CO1)C2=O. The van der Waals surface area contributed by atoms with Gasteiger partial charge in [0.1, 0.15) is 0 Å². The molecule has 0 amide bonds. The highest BCUT2D eigenvalue weighted by Gasteiger charge is 2.70. The van der Waals surface area contributed by atoms with Crippen LogP contribution in [0.5, 0.6) is 0 Å². The van der Waals surface area contributed by atoms with Crippen LogP contribution in [-0.4, -0.2) is 30.6 Å². The second-order valence-electron chi connectivity index (χ2n) is 5.88. The minimum absolute atomic E-state index is 0.0232. The number of epoxide rings is 1. The second kappa shape index (κ2) is 4.55. The number of carbonyl (C=O) groups is 2. The summed E-state index contributed by atoms with van der Waals surface area (Å²) in [6, 6.07) is 0. The number of esters is 1. The molecule has 0 radical (unpaired) electrons. The minimum Gasteiger partial charge on any atom is -0.466 e. The Bertz CT molecular complexity index is 489. The number of hydrogen-bond acceptors (Lipinski definition) is 4. The Morgan fingerprint density at radius 2 is 2.40 bits per heavy atom. The third kappa shape index (κ3) is 1.64. The fraction of sp³-hybridized carbons (Fsp3) is 0.625. The summed E-state index contributed by atoms with van der Waals surface area (Å²) in [4.78, 5) is 25.2. The zero-order valence-corrected chi connectivity index (χ0v) is 11.8. The molecule has 4 atom stereocenters. The second-order valence-corrected chi connectivity index (χ2v) is 5.88. The van der Waals surface area contributed by atoms with Crippen molar-refractivity contribution in [2.45, 2.75) is 31.8 Å². The van der Waals surface area contributed by atoms with Crippen LogP contribution in [0.25, 0.3) is 0 Å². The van der Waals surface area contributed by atoms with E-state index in [4.69, 9.17) is 9.47 Å². The molecule has 1 saturated carbocycles. The summed E-state index contributed by atoms with van der Waals surface area (Å²) in [5, 5.41) is 0. The molecule has 0 N–H and O–H groups in total. The Morgan fingerprint density at radius 1 is 1.65 bits per heavy atom. The Labute approximate surface area is 118 Å². The molecule has 4 rings (SSSR count). The summed E-state index contributed by atoms with van der Waals surface area (Å²) >= 11 is 0. The van der Waals surface area contributed by atoms with Gasteiger partial charge in [-0.2, -0.15) is 0 Å². The van der Waals surface area contributed by atoms with Crippen LogP contribution in [0.4, 0.5) is 0 Å². The predicted octanol–water partition coefficient (Wildman–Crippen LogP) is 2.05. The van der Waals surface area contributed by atoms with Crippen molar-refractivity contribution in [2.75, 3.05) is 13.2 Å². The smallest absolute Gasteiger partial charge is 0.310 e. The van der Waals surface area contributed by atoms with Crippen molar-refractivity contribution in [1.29, 1.82) is 0 Å². The molecule has 4 aliphatic rings. The lowest BCUT2D eigenvalue weighted by Crippen LogP contribution is -2.58. The first-order valence-electron chi connectivity index (χ1n) is 7.26. The first-order chi connectivity index (χ1) is 9.60. The van der Waals surface area contributed by atoms with Crippen LogP contribution >= 0.6 is 0 Å². The van der Waals surface area contributed by atoms with E-state index in [1.54, 1.807) is 13.0 Å². The Kier molecular flexibility index (Phi) is 3.09. The topological polar surface area (TPSA) is 55.9 Å². The lowest BCUT2D eigenvalue weighted by atomic mass is 9.52. The molecule has 1 heterocycles. The highest BCUT2D eigenvalue weighted by molar-refractivity contribution is 6.02. The monoisotopic (exact) mass is 276 g/mol. The molecule has 4 nitrogen and oxygen atoms in total. The van der Waals surface area contributed by atoms with Gasteiger partial charge in [-0.25, -0.2) is 0 Å². The number of allylic oxidation sites excluding steroid dienone is 2. The summed E-state index contributed by atoms with van der Waals surface area (Å²) in [6.07, 6.45) is 7.74. The number of hydrogen-bond donors (Lipinski definition) is 0. The van der Waals surface area contributed by atoms with Gasteiger partial charge in [0.05, 0.1) is 24.5 Å². The molecule has 4 heteroatoms. The van der Waals surface area contributed by atoms with Gasteiger partial charge in [-0.1, -0.05) is 18.2 Å². The molecule has 0 aromatic heterocycles. The summed E-state index contributed by atoms with van der Waals surface area (Å²) in [5.41, 5.74) is -1.40. The van der Waals surface area contributed by atoms with Crippen LogP contribution in [0.3, 0.4) is 0 Å². The van der Waals surface area contributed by atoms with E-state index in [0.29, 0.717) is 32.5 Å². The van der Waals surface area contributed by atoms with Crippen molar-refractivity contribution in [3.8, 4) is 0 Å². The third-order valence-corrected chi connectivity index (χ3v) is 4.93. The van der Waals surface area contributed by atoms with Gasteiger partial charge in [-0.3, -0.25) is 9.59 Å². The summed E-state index contributed by atoms with van der Waals surface area (Å²) < 4.78 is 10.7. The maximum Gasteiger partial charge on any atom is 0.310 e. The van der Waals surface area contributed by atoms with Gasteiger partial charge in [0.25, 0.3) is 0 Å². The van der Waals surface area contributed by atoms with Crippen molar-refractivity contribution in [3.05, 3.63) is 24.8 Å². The van der Waals surface area contributed by atoms with Crippen molar-refractivity contribution in [3.63, 3.8) is 0 Å². The summed E-state index contributed by atoms with van der Waals surface area (Å²) in [5.74, 6) is -0.534. The molecular weight excluding hydrogens is 256 g/mol. The largest absolute Gasteiger partial charge is 0.466 e. The Morgan fingerprint density at radius 3 is 3.00 bits per heavy atom. The average Bonchev–Trinajstić information content (AvgIpc) is 3.24. The van der Waals surface area contributed by atoms with E-state index in [-0.39, 0.29) is 23.6 Å². The van der Waals surface area contributed by atoms with E-state index in [9.17, 15) is 9.59 Å². The van der Waals surface area contributed by atoms with Gasteiger partial charge >= 0.3 is 5.97 Å². The van der Waals surface area contributed by atoms with Crippen LogP contribution in [0.2, 0.25) is 0 Å². The highest BCUT2D eigenvalue weighted by atomic mass is 16.6. The molecule has 1 saturated heterocycles. The van der Waals surface area contributed by atoms with Crippen LogP contribution in [0.1, 0.15) is 26.2 Å². The van der Waals surface area contributed by atoms with E-state index in [0.717, 1.165) is 0 Å². The molecular formula is C16H20O4. The predicted molar refractivity (Wildman–Crippen MR) is 72.9 cm³/mol. The average molecular weight is 276 g/mol. The summed E-state index contributed by atoms with van der Waals surface area (Å²) in [6.45, 7) is 6.35. The molecule has 0 aromatic carbocycles. The molecule has 1 aliphatic heterocycles. The van der Waals surface area contributed by atoms with Gasteiger partial charge < -0.3 is 9.47 Å². The van der Waals surface area contributed by atoms with Crippen LogP contribution in [0, 0.1) is 17.3 Å². The normalized spacial score (nSPS) is 41.0. The summed E-state index contributed by atoms with van der Waals surface area (Å²) in [7, 11) is 0. The first kappa shape index (κ1) is 13.6. The van der Waals surface area contributed by atoms with Crippen LogP contribution < -0.4 is 0 Å². The van der Waals surface area contributed by atoms with Gasteiger partial charge in [0.15, 0.2) is 11.4 Å². The van der Waals surface area contributed by atoms with Gasteiger partial charge in [0.2, 0.25) is 0 Å². The number of ketones is 1. The number of carbonyl (C=O) groups excluding carboxylic acids is 2. The first-order valence-corrected chi connectivity index (χ1v) is 7.26.